The fourth-order valence-electron chi connectivity index (χ4n) is 0. The van der Waals surface area contributed by atoms with Crippen molar-refractivity contribution in [3.8, 4) is 0 Å². The lowest BCUT2D eigenvalue weighted by atomic mass is 10.6. The topological polar surface area (TPSA) is 131 Å². The third-order valence-electron chi connectivity index (χ3n) is 0.290. The molecular formula is C2H11Cl3N4O. The molecule has 0 saturated heterocycles. The molecule has 0 rings (SSSR count). The quantitative estimate of drug-likeness (QED) is 0.313. The Hall–Kier alpha value is -0.230. The molecule has 8 N–H and O–H groups in total. The summed E-state index contributed by atoms with van der Waals surface area (Å²) in [6.45, 7) is 0. The highest BCUT2D eigenvalue weighted by molar-refractivity contribution is 6.36. The predicted octanol–water partition coefficient (Wildman–Crippen LogP) is -0.701. The van der Waals surface area contributed by atoms with Crippen molar-refractivity contribution in [2.75, 3.05) is 0 Å². The highest BCUT2D eigenvalue weighted by Gasteiger charge is 1.84. The number of hydrogen-bond acceptors (Lipinski definition) is 2. The summed E-state index contributed by atoms with van der Waals surface area (Å²) >= 11 is 0. The zero-order valence-corrected chi connectivity index (χ0v) is 7.33. The molecule has 0 aromatic heterocycles. The molecule has 0 aliphatic carbocycles. The van der Waals surface area contributed by atoms with Gasteiger partial charge in [-0.15, -0.1) is 37.2 Å². The number of nitrogens with one attached hydrogen (secondary N) is 2. The number of nitrogens with two attached hydrogens (primary N) is 2. The number of amidine groups is 2. The van der Waals surface area contributed by atoms with E-state index in [4.69, 9.17) is 10.8 Å². The maximum atomic E-state index is 6.38. The molecule has 0 fully saturated rings. The Bertz CT molecular complexity index is 84.5. The summed E-state index contributed by atoms with van der Waals surface area (Å²) in [6, 6.07) is 0. The summed E-state index contributed by atoms with van der Waals surface area (Å²) in [5, 5.41) is 12.8. The lowest BCUT2D eigenvalue weighted by Gasteiger charge is -1.84. The molecule has 0 radical (unpaired) electrons. The van der Waals surface area contributed by atoms with Gasteiger partial charge in [0, 0.05) is 0 Å². The lowest BCUT2D eigenvalue weighted by Crippen LogP contribution is -2.28. The average molecular weight is 213 g/mol. The molecule has 10 heavy (non-hydrogen) atoms. The Morgan fingerprint density at radius 1 is 0.800 bits per heavy atom. The molecule has 0 amide bonds. The van der Waals surface area contributed by atoms with Gasteiger partial charge in [-0.1, -0.05) is 0 Å². The van der Waals surface area contributed by atoms with Crippen molar-refractivity contribution in [1.29, 1.82) is 10.8 Å². The Morgan fingerprint density at radius 2 is 0.900 bits per heavy atom. The third kappa shape index (κ3) is 25.1. The van der Waals surface area contributed by atoms with Gasteiger partial charge in [0.2, 0.25) is 0 Å². The Kier molecular flexibility index (Phi) is 52.5. The maximum absolute atomic E-state index is 6.38. The van der Waals surface area contributed by atoms with Crippen LogP contribution in [0.4, 0.5) is 0 Å². The second kappa shape index (κ2) is 15.9. The molecule has 8 heteroatoms. The number of hydrogen-bond donors (Lipinski definition) is 4. The van der Waals surface area contributed by atoms with E-state index in [1.807, 2.05) is 0 Å². The smallest absolute Gasteiger partial charge is 0.158 e. The van der Waals surface area contributed by atoms with Gasteiger partial charge < -0.3 is 16.9 Å². The molecule has 5 nitrogen and oxygen atoms in total. The standard InChI is InChI=1S/C2H6N4.3ClH.H2O/c3-1(4)2(5)6;;;;/h(H3,3,4)(H3,5,6);3*1H;1H2. The number of halogens is 3. The van der Waals surface area contributed by atoms with Crippen LogP contribution in [0.3, 0.4) is 0 Å². The predicted molar refractivity (Wildman–Crippen MR) is 49.2 cm³/mol. The minimum atomic E-state index is -0.380. The summed E-state index contributed by atoms with van der Waals surface area (Å²) < 4.78 is 0. The monoisotopic (exact) mass is 212 g/mol. The molecule has 0 aromatic carbocycles. The van der Waals surface area contributed by atoms with E-state index in [0.717, 1.165) is 0 Å². The zero-order valence-electron chi connectivity index (χ0n) is 4.88. The molecule has 0 heterocycles. The van der Waals surface area contributed by atoms with Gasteiger partial charge in [0.05, 0.1) is 0 Å². The van der Waals surface area contributed by atoms with E-state index in [1.165, 1.54) is 0 Å². The minimum absolute atomic E-state index is 0. The van der Waals surface area contributed by atoms with Crippen LogP contribution in [0.2, 0.25) is 0 Å². The fraction of sp³-hybridized carbons (Fsp3) is 0. The minimum Gasteiger partial charge on any atom is -0.412 e. The van der Waals surface area contributed by atoms with Crippen LogP contribution in [0.5, 0.6) is 0 Å². The summed E-state index contributed by atoms with van der Waals surface area (Å²) in [5.74, 6) is -0.759. The van der Waals surface area contributed by atoms with E-state index in [0.29, 0.717) is 0 Å². The van der Waals surface area contributed by atoms with E-state index >= 15 is 0 Å². The van der Waals surface area contributed by atoms with E-state index in [-0.39, 0.29) is 54.4 Å². The molecule has 0 saturated carbocycles. The van der Waals surface area contributed by atoms with Crippen LogP contribution in [0.1, 0.15) is 0 Å². The Labute approximate surface area is 77.1 Å². The Balaban J connectivity index is -0.0000000208. The SMILES string of the molecule is Cl.Cl.Cl.N=C(N)C(=N)N.O. The van der Waals surface area contributed by atoms with E-state index < -0.39 is 0 Å². The van der Waals surface area contributed by atoms with Crippen LogP contribution >= 0.6 is 37.2 Å². The van der Waals surface area contributed by atoms with Crippen LogP contribution in [-0.2, 0) is 0 Å². The van der Waals surface area contributed by atoms with E-state index in [2.05, 4.69) is 11.5 Å². The molecule has 0 bridgehead atoms. The van der Waals surface area contributed by atoms with Crippen molar-refractivity contribution in [3.05, 3.63) is 0 Å². The van der Waals surface area contributed by atoms with Crippen LogP contribution in [0.25, 0.3) is 0 Å². The van der Waals surface area contributed by atoms with Crippen LogP contribution < -0.4 is 11.5 Å². The molecule has 0 unspecified atom stereocenters. The highest BCUT2D eigenvalue weighted by Crippen LogP contribution is 1.48. The summed E-state index contributed by atoms with van der Waals surface area (Å²) in [4.78, 5) is 0. The van der Waals surface area contributed by atoms with Crippen molar-refractivity contribution in [3.63, 3.8) is 0 Å². The van der Waals surface area contributed by atoms with Crippen LogP contribution in [0.15, 0.2) is 0 Å². The molecule has 0 atom stereocenters. The molecule has 0 aliphatic heterocycles. The molecule has 66 valence electrons. The zero-order chi connectivity index (χ0) is 5.15. The highest BCUT2D eigenvalue weighted by atomic mass is 35.5. The van der Waals surface area contributed by atoms with Gasteiger partial charge in [0.1, 0.15) is 0 Å². The van der Waals surface area contributed by atoms with Gasteiger partial charge in [-0.25, -0.2) is 0 Å². The van der Waals surface area contributed by atoms with Crippen molar-refractivity contribution < 1.29 is 5.48 Å². The summed E-state index contributed by atoms with van der Waals surface area (Å²) in [6.07, 6.45) is 0. The van der Waals surface area contributed by atoms with Gasteiger partial charge in [0.25, 0.3) is 0 Å². The first kappa shape index (κ1) is 33.0. The Morgan fingerprint density at radius 3 is 0.900 bits per heavy atom. The van der Waals surface area contributed by atoms with Crippen molar-refractivity contribution in [2.24, 2.45) is 11.5 Å². The molecule has 0 aromatic rings. The van der Waals surface area contributed by atoms with Crippen molar-refractivity contribution in [2.45, 2.75) is 0 Å². The van der Waals surface area contributed by atoms with E-state index in [1.54, 1.807) is 0 Å². The maximum Gasteiger partial charge on any atom is 0.158 e. The normalized spacial score (nSPS) is 4.40. The fourth-order valence-corrected chi connectivity index (χ4v) is 0. The second-order valence-corrected chi connectivity index (χ2v) is 0.827. The first-order valence-electron chi connectivity index (χ1n) is 1.33. The summed E-state index contributed by atoms with van der Waals surface area (Å²) in [7, 11) is 0. The van der Waals surface area contributed by atoms with Crippen LogP contribution in [0, 0.1) is 10.8 Å². The third-order valence-corrected chi connectivity index (χ3v) is 0.290. The number of rotatable bonds is 0. The van der Waals surface area contributed by atoms with Crippen molar-refractivity contribution >= 4 is 48.9 Å². The lowest BCUT2D eigenvalue weighted by molar-refractivity contribution is 0.824. The first-order valence-corrected chi connectivity index (χ1v) is 1.33. The molecule has 0 spiro atoms. The van der Waals surface area contributed by atoms with Gasteiger partial charge >= 0.3 is 0 Å². The van der Waals surface area contributed by atoms with Crippen LogP contribution in [-0.4, -0.2) is 17.1 Å². The molecule has 0 aliphatic rings. The second-order valence-electron chi connectivity index (χ2n) is 0.827. The average Bonchev–Trinajstić information content (AvgIpc) is 1.36. The van der Waals surface area contributed by atoms with Gasteiger partial charge in [-0.05, 0) is 0 Å². The van der Waals surface area contributed by atoms with Crippen molar-refractivity contribution in [1.82, 2.24) is 0 Å². The van der Waals surface area contributed by atoms with Gasteiger partial charge in [0.15, 0.2) is 11.7 Å². The van der Waals surface area contributed by atoms with Gasteiger partial charge in [-0.3, -0.25) is 10.8 Å². The summed E-state index contributed by atoms with van der Waals surface area (Å²) in [5.41, 5.74) is 9.34. The largest absolute Gasteiger partial charge is 0.412 e. The molecular weight excluding hydrogens is 202 g/mol. The van der Waals surface area contributed by atoms with E-state index in [9.17, 15) is 0 Å². The first-order chi connectivity index (χ1) is 2.64. The van der Waals surface area contributed by atoms with Gasteiger partial charge in [-0.2, -0.15) is 0 Å².